The van der Waals surface area contributed by atoms with Gasteiger partial charge in [0, 0.05) is 18.5 Å². The fraction of sp³-hybridized carbons (Fsp3) is 0. The second-order valence-corrected chi connectivity index (χ2v) is 2.90. The van der Waals surface area contributed by atoms with Gasteiger partial charge in [0.15, 0.2) is 0 Å². The lowest BCUT2D eigenvalue weighted by Crippen LogP contribution is -2.02. The van der Waals surface area contributed by atoms with Crippen molar-refractivity contribution in [2.45, 2.75) is 0 Å². The van der Waals surface area contributed by atoms with Crippen molar-refractivity contribution in [1.29, 1.82) is 0 Å². The molecule has 0 unspecified atom stereocenters. The van der Waals surface area contributed by atoms with Crippen LogP contribution in [-0.2, 0) is 0 Å². The number of anilines is 2. The average molecular weight is 192 g/mol. The van der Waals surface area contributed by atoms with Gasteiger partial charge in [0.25, 0.3) is 0 Å². The molecule has 4 nitrogen and oxygen atoms in total. The molecule has 1 aromatic carbocycles. The van der Waals surface area contributed by atoms with Gasteiger partial charge in [-0.25, -0.2) is 9.37 Å². The van der Waals surface area contributed by atoms with E-state index in [-0.39, 0.29) is 5.69 Å². The molecule has 2 rings (SSSR count). The van der Waals surface area contributed by atoms with Crippen LogP contribution >= 0.6 is 0 Å². The fourth-order valence-electron chi connectivity index (χ4n) is 1.24. The molecule has 0 radical (unpaired) electrons. The van der Waals surface area contributed by atoms with Gasteiger partial charge in [-0.15, -0.1) is 0 Å². The third kappa shape index (κ3) is 1.28. The van der Waals surface area contributed by atoms with Crippen LogP contribution in [0.25, 0.3) is 5.69 Å². The van der Waals surface area contributed by atoms with Crippen molar-refractivity contribution in [3.8, 4) is 5.69 Å². The number of nitrogens with two attached hydrogens (primary N) is 2. The van der Waals surface area contributed by atoms with E-state index >= 15 is 0 Å². The smallest absolute Gasteiger partial charge is 0.127 e. The standard InChI is InChI=1S/C9H9FN4/c10-6-3-7(11)9(12)8(4-6)14-2-1-13-5-14/h1-5H,11-12H2. The molecule has 14 heavy (non-hydrogen) atoms. The van der Waals surface area contributed by atoms with E-state index in [1.54, 1.807) is 17.0 Å². The van der Waals surface area contributed by atoms with Gasteiger partial charge < -0.3 is 16.0 Å². The largest absolute Gasteiger partial charge is 0.397 e. The zero-order valence-corrected chi connectivity index (χ0v) is 7.31. The van der Waals surface area contributed by atoms with Gasteiger partial charge in [-0.05, 0) is 6.07 Å². The Hall–Kier alpha value is -2.04. The van der Waals surface area contributed by atoms with Gasteiger partial charge in [0.05, 0.1) is 23.4 Å². The first kappa shape index (κ1) is 8.55. The Kier molecular flexibility index (Phi) is 1.85. The zero-order chi connectivity index (χ0) is 10.1. The molecule has 0 atom stereocenters. The molecule has 5 heteroatoms. The topological polar surface area (TPSA) is 69.9 Å². The highest BCUT2D eigenvalue weighted by Gasteiger charge is 2.06. The minimum Gasteiger partial charge on any atom is -0.397 e. The minimum absolute atomic E-state index is 0.230. The first-order valence-corrected chi connectivity index (χ1v) is 4.01. The molecule has 1 heterocycles. The molecule has 2 aromatic rings. The van der Waals surface area contributed by atoms with Gasteiger partial charge in [0.1, 0.15) is 5.82 Å². The van der Waals surface area contributed by atoms with Gasteiger partial charge in [0.2, 0.25) is 0 Å². The van der Waals surface area contributed by atoms with E-state index in [2.05, 4.69) is 4.98 Å². The molecule has 72 valence electrons. The first-order valence-electron chi connectivity index (χ1n) is 4.01. The second-order valence-electron chi connectivity index (χ2n) is 2.90. The third-order valence-corrected chi connectivity index (χ3v) is 1.94. The highest BCUT2D eigenvalue weighted by Crippen LogP contribution is 2.24. The van der Waals surface area contributed by atoms with Crippen LogP contribution in [0.5, 0.6) is 0 Å². The van der Waals surface area contributed by atoms with Crippen molar-refractivity contribution in [3.63, 3.8) is 0 Å². The summed E-state index contributed by atoms with van der Waals surface area (Å²) in [7, 11) is 0. The lowest BCUT2D eigenvalue weighted by molar-refractivity contribution is 0.627. The minimum atomic E-state index is -0.416. The van der Waals surface area contributed by atoms with Crippen LogP contribution in [0.3, 0.4) is 0 Å². The SMILES string of the molecule is Nc1cc(F)cc(-n2ccnc2)c1N. The fourth-order valence-corrected chi connectivity index (χ4v) is 1.24. The molecular formula is C9H9FN4. The Morgan fingerprint density at radius 3 is 2.71 bits per heavy atom. The first-order chi connectivity index (χ1) is 6.68. The molecular weight excluding hydrogens is 183 g/mol. The van der Waals surface area contributed by atoms with E-state index < -0.39 is 5.82 Å². The third-order valence-electron chi connectivity index (χ3n) is 1.94. The lowest BCUT2D eigenvalue weighted by atomic mass is 10.2. The molecule has 4 N–H and O–H groups in total. The Labute approximate surface area is 80.0 Å². The maximum atomic E-state index is 13.0. The van der Waals surface area contributed by atoms with Crippen molar-refractivity contribution in [2.75, 3.05) is 11.5 Å². The van der Waals surface area contributed by atoms with Gasteiger partial charge in [-0.3, -0.25) is 0 Å². The maximum absolute atomic E-state index is 13.0. The molecule has 0 saturated carbocycles. The summed E-state index contributed by atoms with van der Waals surface area (Å²) in [5.74, 6) is -0.416. The molecule has 1 aromatic heterocycles. The van der Waals surface area contributed by atoms with Crippen LogP contribution in [0.15, 0.2) is 30.9 Å². The summed E-state index contributed by atoms with van der Waals surface area (Å²) in [5.41, 5.74) is 12.3. The molecule has 0 aliphatic heterocycles. The molecule has 0 bridgehead atoms. The summed E-state index contributed by atoms with van der Waals surface area (Å²) >= 11 is 0. The van der Waals surface area contributed by atoms with E-state index in [0.717, 1.165) is 0 Å². The Morgan fingerprint density at radius 1 is 1.29 bits per heavy atom. The number of aromatic nitrogens is 2. The molecule has 0 aliphatic carbocycles. The zero-order valence-electron chi connectivity index (χ0n) is 7.31. The van der Waals surface area contributed by atoms with Crippen LogP contribution in [0.1, 0.15) is 0 Å². The highest BCUT2D eigenvalue weighted by molar-refractivity contribution is 5.73. The number of imidazole rings is 1. The monoisotopic (exact) mass is 192 g/mol. The van der Waals surface area contributed by atoms with E-state index in [1.165, 1.54) is 18.5 Å². The number of nitrogen functional groups attached to an aromatic ring is 2. The van der Waals surface area contributed by atoms with Gasteiger partial charge in [-0.2, -0.15) is 0 Å². The van der Waals surface area contributed by atoms with Crippen molar-refractivity contribution in [3.05, 3.63) is 36.7 Å². The van der Waals surface area contributed by atoms with Crippen LogP contribution in [0.4, 0.5) is 15.8 Å². The van der Waals surface area contributed by atoms with Crippen LogP contribution < -0.4 is 11.5 Å². The van der Waals surface area contributed by atoms with Crippen LogP contribution in [0.2, 0.25) is 0 Å². The number of rotatable bonds is 1. The van der Waals surface area contributed by atoms with E-state index in [4.69, 9.17) is 11.5 Å². The summed E-state index contributed by atoms with van der Waals surface area (Å²) < 4.78 is 14.6. The summed E-state index contributed by atoms with van der Waals surface area (Å²) in [5, 5.41) is 0. The Bertz CT molecular complexity index is 450. The lowest BCUT2D eigenvalue weighted by Gasteiger charge is -2.08. The number of halogens is 1. The molecule has 0 amide bonds. The number of benzene rings is 1. The van der Waals surface area contributed by atoms with E-state index in [1.807, 2.05) is 0 Å². The molecule has 0 saturated heterocycles. The van der Waals surface area contributed by atoms with E-state index in [0.29, 0.717) is 11.4 Å². The van der Waals surface area contributed by atoms with Crippen molar-refractivity contribution < 1.29 is 4.39 Å². The predicted octanol–water partition coefficient (Wildman–Crippen LogP) is 1.18. The summed E-state index contributed by atoms with van der Waals surface area (Å²) in [6, 6.07) is 2.50. The molecule has 0 fully saturated rings. The second kappa shape index (κ2) is 3.02. The summed E-state index contributed by atoms with van der Waals surface area (Å²) in [6.45, 7) is 0. The molecule has 0 aliphatic rings. The average Bonchev–Trinajstić information content (AvgIpc) is 2.63. The van der Waals surface area contributed by atoms with Gasteiger partial charge in [-0.1, -0.05) is 0 Å². The highest BCUT2D eigenvalue weighted by atomic mass is 19.1. The van der Waals surface area contributed by atoms with E-state index in [9.17, 15) is 4.39 Å². The van der Waals surface area contributed by atoms with Gasteiger partial charge >= 0.3 is 0 Å². The Balaban J connectivity index is 2.64. The van der Waals surface area contributed by atoms with Crippen molar-refractivity contribution >= 4 is 11.4 Å². The summed E-state index contributed by atoms with van der Waals surface area (Å²) in [6.07, 6.45) is 4.79. The number of hydrogen-bond donors (Lipinski definition) is 2. The number of hydrogen-bond acceptors (Lipinski definition) is 3. The van der Waals surface area contributed by atoms with Crippen LogP contribution in [0, 0.1) is 5.82 Å². The maximum Gasteiger partial charge on any atom is 0.127 e. The normalized spacial score (nSPS) is 10.4. The van der Waals surface area contributed by atoms with Crippen molar-refractivity contribution in [1.82, 2.24) is 9.55 Å². The molecule has 0 spiro atoms. The van der Waals surface area contributed by atoms with Crippen LogP contribution in [-0.4, -0.2) is 9.55 Å². The Morgan fingerprint density at radius 2 is 2.07 bits per heavy atom. The predicted molar refractivity (Wildman–Crippen MR) is 52.3 cm³/mol. The number of nitrogens with zero attached hydrogens (tertiary/aromatic N) is 2. The van der Waals surface area contributed by atoms with Crippen molar-refractivity contribution in [2.24, 2.45) is 0 Å². The summed E-state index contributed by atoms with van der Waals surface area (Å²) in [4.78, 5) is 3.84. The quantitative estimate of drug-likeness (QED) is 0.666.